The van der Waals surface area contributed by atoms with Gasteiger partial charge < -0.3 is 4.74 Å². The molecule has 0 spiro atoms. The summed E-state index contributed by atoms with van der Waals surface area (Å²) >= 11 is 3.44. The molecule has 0 saturated heterocycles. The van der Waals surface area contributed by atoms with Crippen LogP contribution in [0, 0.1) is 5.92 Å². The molecule has 17 heavy (non-hydrogen) atoms. The Labute approximate surface area is 112 Å². The van der Waals surface area contributed by atoms with Crippen molar-refractivity contribution in [3.05, 3.63) is 28.2 Å². The molecular weight excluding hydrogens is 280 g/mol. The smallest absolute Gasteiger partial charge is 0.124 e. The maximum Gasteiger partial charge on any atom is 0.124 e. The molecule has 96 valence electrons. The maximum atomic E-state index is 5.68. The average molecular weight is 301 g/mol. The fraction of sp³-hybridized carbons (Fsp3) is 0.538. The Kier molecular flexibility index (Phi) is 5.95. The molecule has 0 aliphatic rings. The monoisotopic (exact) mass is 300 g/mol. The molecule has 0 amide bonds. The molecule has 0 bridgehead atoms. The van der Waals surface area contributed by atoms with Gasteiger partial charge in [-0.2, -0.15) is 0 Å². The maximum absolute atomic E-state index is 5.68. The van der Waals surface area contributed by atoms with Gasteiger partial charge in [-0.3, -0.25) is 11.3 Å². The van der Waals surface area contributed by atoms with Gasteiger partial charge in [-0.15, -0.1) is 0 Å². The van der Waals surface area contributed by atoms with Gasteiger partial charge in [0.15, 0.2) is 0 Å². The van der Waals surface area contributed by atoms with Crippen molar-refractivity contribution in [1.29, 1.82) is 0 Å². The third kappa shape index (κ3) is 3.69. The number of nitrogens with one attached hydrogen (secondary N) is 1. The number of ether oxygens (including phenoxy) is 1. The third-order valence-corrected chi connectivity index (χ3v) is 3.52. The van der Waals surface area contributed by atoms with E-state index in [1.807, 2.05) is 12.1 Å². The van der Waals surface area contributed by atoms with Crippen molar-refractivity contribution in [3.8, 4) is 5.75 Å². The fourth-order valence-electron chi connectivity index (χ4n) is 2.12. The van der Waals surface area contributed by atoms with Crippen molar-refractivity contribution in [2.75, 3.05) is 7.11 Å². The molecule has 0 radical (unpaired) electrons. The highest BCUT2D eigenvalue weighted by atomic mass is 79.9. The van der Waals surface area contributed by atoms with E-state index in [1.165, 1.54) is 0 Å². The van der Waals surface area contributed by atoms with Crippen LogP contribution in [0.2, 0.25) is 0 Å². The number of rotatable bonds is 6. The number of benzene rings is 1. The van der Waals surface area contributed by atoms with Gasteiger partial charge in [-0.05, 0) is 24.5 Å². The van der Waals surface area contributed by atoms with Gasteiger partial charge in [0.1, 0.15) is 5.75 Å². The van der Waals surface area contributed by atoms with Gasteiger partial charge in [-0.25, -0.2) is 0 Å². The molecule has 0 aliphatic carbocycles. The van der Waals surface area contributed by atoms with E-state index in [2.05, 4.69) is 41.3 Å². The minimum absolute atomic E-state index is 0.123. The van der Waals surface area contributed by atoms with Crippen LogP contribution in [-0.4, -0.2) is 7.11 Å². The summed E-state index contributed by atoms with van der Waals surface area (Å²) in [6.45, 7) is 4.39. The Morgan fingerprint density at radius 3 is 2.71 bits per heavy atom. The summed E-state index contributed by atoms with van der Waals surface area (Å²) in [6, 6.07) is 6.16. The summed E-state index contributed by atoms with van der Waals surface area (Å²) in [4.78, 5) is 0. The molecule has 1 aromatic carbocycles. The molecule has 2 atom stereocenters. The first-order valence-corrected chi connectivity index (χ1v) is 6.72. The van der Waals surface area contributed by atoms with Gasteiger partial charge in [0.25, 0.3) is 0 Å². The van der Waals surface area contributed by atoms with E-state index < -0.39 is 0 Å². The van der Waals surface area contributed by atoms with Crippen LogP contribution in [0.15, 0.2) is 22.7 Å². The highest BCUT2D eigenvalue weighted by Crippen LogP contribution is 2.33. The van der Waals surface area contributed by atoms with E-state index >= 15 is 0 Å². The number of methoxy groups -OCH3 is 1. The topological polar surface area (TPSA) is 47.3 Å². The number of halogens is 1. The highest BCUT2D eigenvalue weighted by molar-refractivity contribution is 9.10. The molecule has 1 rings (SSSR count). The van der Waals surface area contributed by atoms with Crippen LogP contribution in [0.4, 0.5) is 0 Å². The fourth-order valence-corrected chi connectivity index (χ4v) is 2.46. The average Bonchev–Trinajstić information content (AvgIpc) is 2.32. The second kappa shape index (κ2) is 6.99. The lowest BCUT2D eigenvalue weighted by Crippen LogP contribution is -2.32. The highest BCUT2D eigenvalue weighted by Gasteiger charge is 2.20. The molecule has 0 fully saturated rings. The van der Waals surface area contributed by atoms with Crippen LogP contribution < -0.4 is 16.0 Å². The predicted molar refractivity (Wildman–Crippen MR) is 74.8 cm³/mol. The lowest BCUT2D eigenvalue weighted by molar-refractivity contribution is 0.345. The zero-order valence-electron chi connectivity index (χ0n) is 10.7. The first-order valence-electron chi connectivity index (χ1n) is 5.93. The van der Waals surface area contributed by atoms with Crippen LogP contribution in [-0.2, 0) is 0 Å². The number of hydrogen-bond acceptors (Lipinski definition) is 3. The van der Waals surface area contributed by atoms with Crippen LogP contribution >= 0.6 is 15.9 Å². The van der Waals surface area contributed by atoms with Gasteiger partial charge in [-0.1, -0.05) is 42.3 Å². The number of nitrogens with two attached hydrogens (primary N) is 1. The normalized spacial score (nSPS) is 14.4. The minimum Gasteiger partial charge on any atom is -0.496 e. The van der Waals surface area contributed by atoms with Gasteiger partial charge >= 0.3 is 0 Å². The lowest BCUT2D eigenvalue weighted by Gasteiger charge is -2.25. The van der Waals surface area contributed by atoms with Crippen LogP contribution in [0.3, 0.4) is 0 Å². The first kappa shape index (κ1) is 14.5. The second-order valence-electron chi connectivity index (χ2n) is 4.30. The molecule has 0 heterocycles. The Morgan fingerprint density at radius 2 is 2.18 bits per heavy atom. The molecule has 3 nitrogen and oxygen atoms in total. The standard InChI is InChI=1S/C13H21BrN2O/c1-4-5-9(2)13(16-15)11-7-6-10(14)8-12(11)17-3/h6-9,13,16H,4-5,15H2,1-3H3. The molecule has 2 unspecified atom stereocenters. The van der Waals surface area contributed by atoms with Crippen molar-refractivity contribution >= 4 is 15.9 Å². The van der Waals surface area contributed by atoms with Gasteiger partial charge in [0.2, 0.25) is 0 Å². The van der Waals surface area contributed by atoms with E-state index in [-0.39, 0.29) is 6.04 Å². The van der Waals surface area contributed by atoms with Crippen molar-refractivity contribution in [2.45, 2.75) is 32.7 Å². The Balaban J connectivity index is 3.02. The number of hydrogen-bond donors (Lipinski definition) is 2. The molecule has 0 saturated carbocycles. The summed E-state index contributed by atoms with van der Waals surface area (Å²) in [7, 11) is 1.68. The Bertz CT molecular complexity index is 357. The summed E-state index contributed by atoms with van der Waals surface area (Å²) in [5.74, 6) is 7.02. The van der Waals surface area contributed by atoms with Crippen LogP contribution in [0.1, 0.15) is 38.3 Å². The van der Waals surface area contributed by atoms with E-state index in [1.54, 1.807) is 7.11 Å². The van der Waals surface area contributed by atoms with E-state index in [0.29, 0.717) is 5.92 Å². The van der Waals surface area contributed by atoms with Gasteiger partial charge in [0.05, 0.1) is 13.2 Å². The summed E-state index contributed by atoms with van der Waals surface area (Å²) < 4.78 is 6.42. The summed E-state index contributed by atoms with van der Waals surface area (Å²) in [5.41, 5.74) is 4.01. The molecule has 0 aromatic heterocycles. The second-order valence-corrected chi connectivity index (χ2v) is 5.21. The van der Waals surface area contributed by atoms with Gasteiger partial charge in [0, 0.05) is 10.0 Å². The van der Waals surface area contributed by atoms with Crippen molar-refractivity contribution in [3.63, 3.8) is 0 Å². The SMILES string of the molecule is CCCC(C)C(NN)c1ccc(Br)cc1OC. The zero-order valence-corrected chi connectivity index (χ0v) is 12.3. The summed E-state index contributed by atoms with van der Waals surface area (Å²) in [6.07, 6.45) is 2.28. The third-order valence-electron chi connectivity index (χ3n) is 3.02. The molecule has 1 aromatic rings. The van der Waals surface area contributed by atoms with Crippen molar-refractivity contribution in [2.24, 2.45) is 11.8 Å². The van der Waals surface area contributed by atoms with E-state index in [4.69, 9.17) is 10.6 Å². The van der Waals surface area contributed by atoms with Crippen molar-refractivity contribution in [1.82, 2.24) is 5.43 Å². The first-order chi connectivity index (χ1) is 8.13. The molecule has 4 heteroatoms. The largest absolute Gasteiger partial charge is 0.496 e. The predicted octanol–water partition coefficient (Wildman–Crippen LogP) is 3.40. The zero-order chi connectivity index (χ0) is 12.8. The van der Waals surface area contributed by atoms with Crippen LogP contribution in [0.25, 0.3) is 0 Å². The lowest BCUT2D eigenvalue weighted by atomic mass is 9.91. The van der Waals surface area contributed by atoms with Crippen LogP contribution in [0.5, 0.6) is 5.75 Å². The summed E-state index contributed by atoms with van der Waals surface area (Å²) in [5, 5.41) is 0. The minimum atomic E-state index is 0.123. The molecule has 3 N–H and O–H groups in total. The Hall–Kier alpha value is -0.580. The molecule has 0 aliphatic heterocycles. The molecular formula is C13H21BrN2O. The quantitative estimate of drug-likeness (QED) is 0.625. The Morgan fingerprint density at radius 1 is 1.47 bits per heavy atom. The number of hydrazine groups is 1. The van der Waals surface area contributed by atoms with E-state index in [9.17, 15) is 0 Å². The van der Waals surface area contributed by atoms with Crippen molar-refractivity contribution < 1.29 is 4.74 Å². The van der Waals surface area contributed by atoms with E-state index in [0.717, 1.165) is 28.6 Å².